The van der Waals surface area contributed by atoms with Gasteiger partial charge in [-0.3, -0.25) is 9.78 Å². The zero-order valence-corrected chi connectivity index (χ0v) is 14.9. The Balaban J connectivity index is 1.65. The minimum atomic E-state index is -0.357. The van der Waals surface area contributed by atoms with Gasteiger partial charge in [-0.05, 0) is 30.7 Å². The molecule has 0 bridgehead atoms. The maximum atomic E-state index is 12.9. The number of fused-ring (bicyclic) bond motifs is 1. The summed E-state index contributed by atoms with van der Waals surface area (Å²) < 4.78 is 7.52. The van der Waals surface area contributed by atoms with E-state index in [1.54, 1.807) is 46.6 Å². The van der Waals surface area contributed by atoms with Crippen LogP contribution in [0.5, 0.6) is 11.5 Å². The van der Waals surface area contributed by atoms with Gasteiger partial charge in [0.1, 0.15) is 12.6 Å². The summed E-state index contributed by atoms with van der Waals surface area (Å²) in [6.45, 7) is 3.00. The van der Waals surface area contributed by atoms with E-state index in [9.17, 15) is 9.90 Å². The fraction of sp³-hybridized carbons (Fsp3) is 0.250. The summed E-state index contributed by atoms with van der Waals surface area (Å²) >= 11 is 0. The quantitative estimate of drug-likeness (QED) is 0.773. The molecule has 3 heterocycles. The summed E-state index contributed by atoms with van der Waals surface area (Å²) in [6.07, 6.45) is 8.51. The molecule has 1 aliphatic heterocycles. The van der Waals surface area contributed by atoms with E-state index in [-0.39, 0.29) is 17.7 Å². The van der Waals surface area contributed by atoms with Crippen molar-refractivity contribution in [3.63, 3.8) is 0 Å². The maximum absolute atomic E-state index is 12.9. The van der Waals surface area contributed by atoms with Crippen molar-refractivity contribution in [2.45, 2.75) is 19.5 Å². The number of aromatic nitrogens is 3. The summed E-state index contributed by atoms with van der Waals surface area (Å²) in [5.41, 5.74) is 2.50. The van der Waals surface area contributed by atoms with Crippen molar-refractivity contribution in [2.75, 3.05) is 13.2 Å². The molecule has 1 atom stereocenters. The van der Waals surface area contributed by atoms with Gasteiger partial charge in [-0.2, -0.15) is 0 Å². The van der Waals surface area contributed by atoms with E-state index in [0.29, 0.717) is 25.4 Å². The van der Waals surface area contributed by atoms with E-state index in [4.69, 9.17) is 4.74 Å². The Bertz CT molecular complexity index is 941. The van der Waals surface area contributed by atoms with Crippen LogP contribution in [-0.2, 0) is 11.3 Å². The van der Waals surface area contributed by atoms with E-state index < -0.39 is 0 Å². The number of nitrogens with zero attached hydrogens (tertiary/aromatic N) is 4. The second-order valence-corrected chi connectivity index (χ2v) is 6.52. The Hall–Kier alpha value is -3.35. The Labute approximate surface area is 156 Å². The van der Waals surface area contributed by atoms with Crippen molar-refractivity contribution < 1.29 is 14.6 Å². The lowest BCUT2D eigenvalue weighted by molar-refractivity contribution is -0.135. The highest BCUT2D eigenvalue weighted by molar-refractivity contribution is 5.80. The molecule has 0 saturated carbocycles. The number of hydrogen-bond acceptors (Lipinski definition) is 5. The SMILES string of the molecule is C[C@@H](C(=O)N1CCOc2c(O)cc(-c3cccnc3)cc2C1)n1ccnc1. The van der Waals surface area contributed by atoms with Gasteiger partial charge >= 0.3 is 0 Å². The molecular weight excluding hydrogens is 344 g/mol. The smallest absolute Gasteiger partial charge is 0.245 e. The number of carbonyl (C=O) groups is 1. The predicted molar refractivity (Wildman–Crippen MR) is 99.2 cm³/mol. The molecule has 3 aromatic rings. The first-order chi connectivity index (χ1) is 13.1. The standard InChI is InChI=1S/C20H20N4O3/c1-14(24-6-5-22-13-24)20(26)23-7-8-27-19-17(12-23)9-16(10-18(19)25)15-3-2-4-21-11-15/h2-6,9-11,13-14,25H,7-8,12H2,1H3/t14-/m0/s1. The third kappa shape index (κ3) is 3.36. The minimum absolute atomic E-state index is 0.0179. The molecule has 0 spiro atoms. The van der Waals surface area contributed by atoms with E-state index in [0.717, 1.165) is 16.7 Å². The Morgan fingerprint density at radius 3 is 2.89 bits per heavy atom. The van der Waals surface area contributed by atoms with E-state index in [1.807, 2.05) is 25.1 Å². The van der Waals surface area contributed by atoms with Crippen LogP contribution >= 0.6 is 0 Å². The molecule has 2 aromatic heterocycles. The highest BCUT2D eigenvalue weighted by atomic mass is 16.5. The van der Waals surface area contributed by atoms with Crippen molar-refractivity contribution in [3.8, 4) is 22.6 Å². The van der Waals surface area contributed by atoms with Crippen molar-refractivity contribution >= 4 is 5.91 Å². The van der Waals surface area contributed by atoms with Gasteiger partial charge in [0.05, 0.1) is 12.9 Å². The number of pyridine rings is 1. The number of rotatable bonds is 3. The summed E-state index contributed by atoms with van der Waals surface area (Å²) in [6, 6.07) is 7.03. The van der Waals surface area contributed by atoms with Gasteiger partial charge in [0, 0.05) is 42.5 Å². The lowest BCUT2D eigenvalue weighted by Crippen LogP contribution is -2.37. The molecule has 7 nitrogen and oxygen atoms in total. The number of phenols is 1. The number of benzene rings is 1. The van der Waals surface area contributed by atoms with Gasteiger partial charge in [-0.15, -0.1) is 0 Å². The first-order valence-electron chi connectivity index (χ1n) is 8.79. The third-order valence-corrected chi connectivity index (χ3v) is 4.75. The largest absolute Gasteiger partial charge is 0.504 e. The molecule has 0 unspecified atom stereocenters. The first kappa shape index (κ1) is 17.1. The second-order valence-electron chi connectivity index (χ2n) is 6.52. The molecule has 0 aliphatic carbocycles. The molecule has 1 aliphatic rings. The fourth-order valence-corrected chi connectivity index (χ4v) is 3.28. The molecule has 1 aromatic carbocycles. The van der Waals surface area contributed by atoms with Crippen LogP contribution in [0.2, 0.25) is 0 Å². The number of amides is 1. The Kier molecular flexibility index (Phi) is 4.50. The Morgan fingerprint density at radius 1 is 1.26 bits per heavy atom. The number of imidazole rings is 1. The second kappa shape index (κ2) is 7.11. The van der Waals surface area contributed by atoms with E-state index in [1.165, 1.54) is 0 Å². The van der Waals surface area contributed by atoms with Crippen LogP contribution in [0.4, 0.5) is 0 Å². The molecule has 0 fully saturated rings. The zero-order valence-electron chi connectivity index (χ0n) is 14.9. The highest BCUT2D eigenvalue weighted by Crippen LogP contribution is 2.37. The van der Waals surface area contributed by atoms with Gasteiger partial charge < -0.3 is 19.3 Å². The number of aromatic hydroxyl groups is 1. The van der Waals surface area contributed by atoms with Gasteiger partial charge in [0.25, 0.3) is 0 Å². The van der Waals surface area contributed by atoms with Gasteiger partial charge in [0.15, 0.2) is 11.5 Å². The number of carbonyl (C=O) groups excluding carboxylic acids is 1. The van der Waals surface area contributed by atoms with Crippen LogP contribution in [-0.4, -0.2) is 43.6 Å². The zero-order chi connectivity index (χ0) is 18.8. The molecule has 0 saturated heterocycles. The lowest BCUT2D eigenvalue weighted by Gasteiger charge is -2.24. The monoisotopic (exact) mass is 364 g/mol. The van der Waals surface area contributed by atoms with Crippen molar-refractivity contribution in [1.29, 1.82) is 0 Å². The summed E-state index contributed by atoms with van der Waals surface area (Å²) in [5.74, 6) is 0.493. The van der Waals surface area contributed by atoms with Crippen LogP contribution in [0.1, 0.15) is 18.5 Å². The highest BCUT2D eigenvalue weighted by Gasteiger charge is 2.26. The average molecular weight is 364 g/mol. The van der Waals surface area contributed by atoms with Crippen LogP contribution in [0.15, 0.2) is 55.4 Å². The summed E-state index contributed by atoms with van der Waals surface area (Å²) in [4.78, 5) is 22.8. The molecule has 1 amide bonds. The fourth-order valence-electron chi connectivity index (χ4n) is 3.28. The summed E-state index contributed by atoms with van der Waals surface area (Å²) in [7, 11) is 0. The van der Waals surface area contributed by atoms with Crippen molar-refractivity contribution in [2.24, 2.45) is 0 Å². The maximum Gasteiger partial charge on any atom is 0.245 e. The van der Waals surface area contributed by atoms with Crippen LogP contribution in [0, 0.1) is 0 Å². The average Bonchev–Trinajstić information content (AvgIpc) is 3.14. The molecule has 27 heavy (non-hydrogen) atoms. The minimum Gasteiger partial charge on any atom is -0.504 e. The topological polar surface area (TPSA) is 80.5 Å². The van der Waals surface area contributed by atoms with E-state index in [2.05, 4.69) is 9.97 Å². The van der Waals surface area contributed by atoms with Crippen LogP contribution in [0.3, 0.4) is 0 Å². The van der Waals surface area contributed by atoms with Gasteiger partial charge in [0.2, 0.25) is 5.91 Å². The number of phenolic OH excluding ortho intramolecular Hbond substituents is 1. The van der Waals surface area contributed by atoms with Crippen molar-refractivity contribution in [3.05, 3.63) is 60.9 Å². The predicted octanol–water partition coefficient (Wildman–Crippen LogP) is 2.63. The normalized spacial score (nSPS) is 14.8. The molecule has 138 valence electrons. The molecular formula is C20H20N4O3. The van der Waals surface area contributed by atoms with Crippen molar-refractivity contribution in [1.82, 2.24) is 19.4 Å². The number of hydrogen-bond donors (Lipinski definition) is 1. The lowest BCUT2D eigenvalue weighted by atomic mass is 10.0. The van der Waals surface area contributed by atoms with E-state index >= 15 is 0 Å². The molecule has 4 rings (SSSR count). The molecule has 1 N–H and O–H groups in total. The first-order valence-corrected chi connectivity index (χ1v) is 8.79. The summed E-state index contributed by atoms with van der Waals surface area (Å²) in [5, 5.41) is 10.4. The van der Waals surface area contributed by atoms with Gasteiger partial charge in [-0.1, -0.05) is 6.07 Å². The molecule has 7 heteroatoms. The van der Waals surface area contributed by atoms with Crippen LogP contribution in [0.25, 0.3) is 11.1 Å². The van der Waals surface area contributed by atoms with Gasteiger partial charge in [-0.25, -0.2) is 4.98 Å². The third-order valence-electron chi connectivity index (χ3n) is 4.75. The molecule has 0 radical (unpaired) electrons. The Morgan fingerprint density at radius 2 is 2.15 bits per heavy atom. The van der Waals surface area contributed by atoms with Crippen LogP contribution < -0.4 is 4.74 Å². The number of ether oxygens (including phenoxy) is 1.